The lowest BCUT2D eigenvalue weighted by atomic mass is 10.1. The van der Waals surface area contributed by atoms with E-state index >= 15 is 0 Å². The number of benzene rings is 1. The molecule has 1 N–H and O–H groups in total. The molecule has 0 unspecified atom stereocenters. The molecule has 0 atom stereocenters. The molecule has 1 aromatic carbocycles. The number of carbonyl (C=O) groups is 2. The van der Waals surface area contributed by atoms with Crippen molar-refractivity contribution in [2.75, 3.05) is 18.8 Å². The van der Waals surface area contributed by atoms with Gasteiger partial charge in [0.25, 0.3) is 11.6 Å². The Balaban J connectivity index is 3.13. The van der Waals surface area contributed by atoms with Crippen molar-refractivity contribution in [2.24, 2.45) is 0 Å². The fraction of sp³-hybridized carbons (Fsp3) is 0.429. The molecule has 22 heavy (non-hydrogen) atoms. The highest BCUT2D eigenvalue weighted by atomic mass is 32.2. The van der Waals surface area contributed by atoms with Crippen LogP contribution in [0.1, 0.15) is 30.6 Å². The molecule has 1 amide bonds. The third-order valence-electron chi connectivity index (χ3n) is 2.97. The summed E-state index contributed by atoms with van der Waals surface area (Å²) in [6.07, 6.45) is -0.162. The van der Waals surface area contributed by atoms with Gasteiger partial charge in [-0.05, 0) is 18.7 Å². The van der Waals surface area contributed by atoms with Gasteiger partial charge in [-0.25, -0.2) is 0 Å². The zero-order valence-corrected chi connectivity index (χ0v) is 13.3. The molecule has 0 radical (unpaired) electrons. The summed E-state index contributed by atoms with van der Waals surface area (Å²) >= 11 is 1.42. The van der Waals surface area contributed by atoms with Gasteiger partial charge in [-0.1, -0.05) is 6.92 Å². The van der Waals surface area contributed by atoms with Crippen LogP contribution in [-0.2, 0) is 4.79 Å². The summed E-state index contributed by atoms with van der Waals surface area (Å²) in [6, 6.07) is 4.18. The maximum Gasteiger partial charge on any atom is 0.305 e. The fourth-order valence-electron chi connectivity index (χ4n) is 1.88. The lowest BCUT2D eigenvalue weighted by Gasteiger charge is -2.21. The summed E-state index contributed by atoms with van der Waals surface area (Å²) in [5.41, 5.74) is 0.0892. The van der Waals surface area contributed by atoms with E-state index in [1.165, 1.54) is 28.8 Å². The zero-order valence-electron chi connectivity index (χ0n) is 12.4. The molecule has 1 aromatic rings. The number of carboxylic acids is 1. The van der Waals surface area contributed by atoms with Gasteiger partial charge in [0.1, 0.15) is 0 Å². The second-order valence-electron chi connectivity index (χ2n) is 4.40. The van der Waals surface area contributed by atoms with Gasteiger partial charge in [-0.3, -0.25) is 19.7 Å². The quantitative estimate of drug-likeness (QED) is 0.448. The number of thioether (sulfide) groups is 1. The van der Waals surface area contributed by atoms with Gasteiger partial charge in [0.2, 0.25) is 0 Å². The number of nitrogens with zero attached hydrogens (tertiary/aromatic N) is 2. The molecule has 0 aliphatic carbocycles. The van der Waals surface area contributed by atoms with Crippen molar-refractivity contribution < 1.29 is 19.6 Å². The molecule has 0 saturated heterocycles. The maximum absolute atomic E-state index is 12.6. The normalized spacial score (nSPS) is 10.3. The van der Waals surface area contributed by atoms with E-state index in [0.717, 1.165) is 5.75 Å². The van der Waals surface area contributed by atoms with Gasteiger partial charge in [0, 0.05) is 30.1 Å². The number of non-ortho nitro benzene ring substituents is 1. The first-order chi connectivity index (χ1) is 10.4. The van der Waals surface area contributed by atoms with Gasteiger partial charge in [-0.15, -0.1) is 11.8 Å². The number of carbonyl (C=O) groups excluding carboxylic acids is 1. The number of aliphatic carboxylic acids is 1. The molecule has 0 saturated carbocycles. The number of nitro benzene ring substituents is 1. The van der Waals surface area contributed by atoms with Crippen LogP contribution in [0.25, 0.3) is 0 Å². The number of hydrogen-bond acceptors (Lipinski definition) is 5. The first kappa shape index (κ1) is 18.0. The Morgan fingerprint density at radius 1 is 1.36 bits per heavy atom. The van der Waals surface area contributed by atoms with Crippen LogP contribution in [0.15, 0.2) is 23.1 Å². The van der Waals surface area contributed by atoms with E-state index < -0.39 is 10.9 Å². The fourth-order valence-corrected chi connectivity index (χ4v) is 2.66. The minimum absolute atomic E-state index is 0.0730. The molecule has 8 heteroatoms. The molecule has 7 nitrogen and oxygen atoms in total. The van der Waals surface area contributed by atoms with Crippen molar-refractivity contribution in [3.63, 3.8) is 0 Å². The van der Waals surface area contributed by atoms with Crippen LogP contribution in [-0.4, -0.2) is 45.6 Å². The summed E-state index contributed by atoms with van der Waals surface area (Å²) in [5, 5.41) is 19.6. The zero-order chi connectivity index (χ0) is 16.7. The number of carboxylic acid groups (broad SMARTS) is 1. The maximum atomic E-state index is 12.6. The highest BCUT2D eigenvalue weighted by Gasteiger charge is 2.21. The van der Waals surface area contributed by atoms with E-state index in [1.54, 1.807) is 13.0 Å². The molecular formula is C14H18N2O5S. The minimum atomic E-state index is -0.992. The first-order valence-corrected chi connectivity index (χ1v) is 7.81. The highest BCUT2D eigenvalue weighted by molar-refractivity contribution is 7.99. The van der Waals surface area contributed by atoms with E-state index in [1.807, 2.05) is 6.92 Å². The predicted molar refractivity (Wildman–Crippen MR) is 83.3 cm³/mol. The second kappa shape index (κ2) is 8.38. The van der Waals surface area contributed by atoms with Crippen LogP contribution in [0.4, 0.5) is 5.69 Å². The monoisotopic (exact) mass is 326 g/mol. The second-order valence-corrected chi connectivity index (χ2v) is 5.70. The van der Waals surface area contributed by atoms with Crippen molar-refractivity contribution in [3.8, 4) is 0 Å². The Bertz CT molecular complexity index is 576. The Morgan fingerprint density at radius 3 is 2.55 bits per heavy atom. The Kier molecular flexibility index (Phi) is 6.84. The van der Waals surface area contributed by atoms with Crippen molar-refractivity contribution >= 4 is 29.3 Å². The van der Waals surface area contributed by atoms with E-state index in [2.05, 4.69) is 0 Å². The lowest BCUT2D eigenvalue weighted by molar-refractivity contribution is -0.384. The average Bonchev–Trinajstić information content (AvgIpc) is 2.47. The molecule has 120 valence electrons. The first-order valence-electron chi connectivity index (χ1n) is 6.83. The third kappa shape index (κ3) is 4.73. The average molecular weight is 326 g/mol. The van der Waals surface area contributed by atoms with Gasteiger partial charge < -0.3 is 10.0 Å². The van der Waals surface area contributed by atoms with Gasteiger partial charge in [0.15, 0.2) is 0 Å². The van der Waals surface area contributed by atoms with E-state index in [4.69, 9.17) is 5.11 Å². The Labute approximate surface area is 132 Å². The van der Waals surface area contributed by atoms with Crippen LogP contribution >= 0.6 is 11.8 Å². The van der Waals surface area contributed by atoms with Crippen molar-refractivity contribution in [1.82, 2.24) is 4.90 Å². The van der Waals surface area contributed by atoms with Gasteiger partial charge in [0.05, 0.1) is 16.9 Å². The molecule has 0 heterocycles. The van der Waals surface area contributed by atoms with E-state index in [9.17, 15) is 19.7 Å². The van der Waals surface area contributed by atoms with Crippen LogP contribution in [0.5, 0.6) is 0 Å². The Morgan fingerprint density at radius 2 is 2.05 bits per heavy atom. The smallest absolute Gasteiger partial charge is 0.305 e. The molecule has 1 rings (SSSR count). The molecule has 0 aliphatic rings. The molecule has 0 fully saturated rings. The molecule has 0 bridgehead atoms. The number of hydrogen-bond donors (Lipinski definition) is 1. The third-order valence-corrected chi connectivity index (χ3v) is 3.92. The van der Waals surface area contributed by atoms with Crippen molar-refractivity contribution in [3.05, 3.63) is 33.9 Å². The molecule has 0 aliphatic heterocycles. The summed E-state index contributed by atoms with van der Waals surface area (Å²) in [6.45, 7) is 4.07. The summed E-state index contributed by atoms with van der Waals surface area (Å²) < 4.78 is 0. The van der Waals surface area contributed by atoms with Crippen LogP contribution < -0.4 is 0 Å². The van der Waals surface area contributed by atoms with E-state index in [-0.39, 0.29) is 30.1 Å². The van der Waals surface area contributed by atoms with Crippen molar-refractivity contribution in [2.45, 2.75) is 25.2 Å². The van der Waals surface area contributed by atoms with Crippen molar-refractivity contribution in [1.29, 1.82) is 0 Å². The molecule has 0 aromatic heterocycles. The highest BCUT2D eigenvalue weighted by Crippen LogP contribution is 2.27. The van der Waals surface area contributed by atoms with Gasteiger partial charge >= 0.3 is 5.97 Å². The predicted octanol–water partition coefficient (Wildman–Crippen LogP) is 2.64. The van der Waals surface area contributed by atoms with Crippen LogP contribution in [0.3, 0.4) is 0 Å². The molecular weight excluding hydrogens is 308 g/mol. The van der Waals surface area contributed by atoms with E-state index in [0.29, 0.717) is 11.4 Å². The number of nitro groups is 1. The van der Waals surface area contributed by atoms with Gasteiger partial charge in [-0.2, -0.15) is 0 Å². The SMILES string of the molecule is CCSc1ccc([N+](=O)[O-])cc1C(=O)N(CC)CCC(=O)O. The molecule has 0 spiro atoms. The largest absolute Gasteiger partial charge is 0.481 e. The summed E-state index contributed by atoms with van der Waals surface area (Å²) in [7, 11) is 0. The lowest BCUT2D eigenvalue weighted by Crippen LogP contribution is -2.33. The Hall–Kier alpha value is -2.09. The minimum Gasteiger partial charge on any atom is -0.481 e. The number of rotatable bonds is 8. The van der Waals surface area contributed by atoms with Crippen LogP contribution in [0.2, 0.25) is 0 Å². The summed E-state index contributed by atoms with van der Waals surface area (Å²) in [4.78, 5) is 35.6. The standard InChI is InChI=1S/C14H18N2O5S/c1-3-15(8-7-13(17)18)14(19)11-9-10(16(20)21)5-6-12(11)22-4-2/h5-6,9H,3-4,7-8H2,1-2H3,(H,17,18). The van der Waals surface area contributed by atoms with Crippen LogP contribution in [0, 0.1) is 10.1 Å². The topological polar surface area (TPSA) is 101 Å². The number of amides is 1. The summed E-state index contributed by atoms with van der Waals surface area (Å²) in [5.74, 6) is -0.656.